The van der Waals surface area contributed by atoms with Crippen LogP contribution in [0.4, 0.5) is 5.69 Å². The van der Waals surface area contributed by atoms with Gasteiger partial charge in [0.15, 0.2) is 23.4 Å². The maximum absolute atomic E-state index is 12.5. The van der Waals surface area contributed by atoms with Crippen molar-refractivity contribution in [3.05, 3.63) is 53.6 Å². The zero-order valence-electron chi connectivity index (χ0n) is 17.7. The van der Waals surface area contributed by atoms with Gasteiger partial charge in [-0.15, -0.1) is 0 Å². The van der Waals surface area contributed by atoms with Crippen LogP contribution in [0.3, 0.4) is 0 Å². The van der Waals surface area contributed by atoms with Gasteiger partial charge in [0, 0.05) is 5.56 Å². The van der Waals surface area contributed by atoms with Crippen molar-refractivity contribution in [3.8, 4) is 11.5 Å². The van der Waals surface area contributed by atoms with Gasteiger partial charge < -0.3 is 19.5 Å². The molecule has 0 saturated carbocycles. The normalized spacial score (nSPS) is 11.3. The first-order valence-corrected chi connectivity index (χ1v) is 9.88. The van der Waals surface area contributed by atoms with Gasteiger partial charge in [0.1, 0.15) is 0 Å². The summed E-state index contributed by atoms with van der Waals surface area (Å²) in [5.41, 5.74) is 0.994. The van der Waals surface area contributed by atoms with E-state index in [4.69, 9.17) is 14.2 Å². The number of hydrogen-bond acceptors (Lipinski definition) is 6. The van der Waals surface area contributed by atoms with Crippen molar-refractivity contribution in [1.29, 1.82) is 0 Å². The largest absolute Gasteiger partial charge is 0.490 e. The molecule has 1 amide bonds. The number of nitrogens with one attached hydrogen (secondary N) is 1. The number of esters is 1. The number of carbonyl (C=O) groups excluding carboxylic acids is 3. The molecule has 0 aliphatic carbocycles. The van der Waals surface area contributed by atoms with Gasteiger partial charge in [-0.3, -0.25) is 9.59 Å². The molecule has 30 heavy (non-hydrogen) atoms. The Hall–Kier alpha value is -3.35. The lowest BCUT2D eigenvalue weighted by Crippen LogP contribution is -2.30. The predicted molar refractivity (Wildman–Crippen MR) is 113 cm³/mol. The van der Waals surface area contributed by atoms with Crippen LogP contribution in [0.2, 0.25) is 0 Å². The predicted octanol–water partition coefficient (Wildman–Crippen LogP) is 4.26. The molecular formula is C23H27NO6. The van der Waals surface area contributed by atoms with Gasteiger partial charge in [0.05, 0.1) is 24.5 Å². The van der Waals surface area contributed by atoms with Crippen molar-refractivity contribution in [2.75, 3.05) is 18.5 Å². The molecule has 2 rings (SSSR count). The summed E-state index contributed by atoms with van der Waals surface area (Å²) in [4.78, 5) is 36.7. The Labute approximate surface area is 176 Å². The van der Waals surface area contributed by atoms with Crippen molar-refractivity contribution in [3.63, 3.8) is 0 Å². The van der Waals surface area contributed by atoms with Crippen LogP contribution >= 0.6 is 0 Å². The van der Waals surface area contributed by atoms with E-state index >= 15 is 0 Å². The molecule has 0 aromatic heterocycles. The third-order valence-corrected chi connectivity index (χ3v) is 4.16. The lowest BCUT2D eigenvalue weighted by Gasteiger charge is -2.16. The zero-order chi connectivity index (χ0) is 22.1. The van der Waals surface area contributed by atoms with Crippen molar-refractivity contribution in [2.45, 2.75) is 40.2 Å². The Kier molecular flexibility index (Phi) is 8.41. The second kappa shape index (κ2) is 11.0. The fourth-order valence-electron chi connectivity index (χ4n) is 2.65. The minimum absolute atomic E-state index is 0.176. The molecule has 7 nitrogen and oxygen atoms in total. The topological polar surface area (TPSA) is 90.9 Å². The summed E-state index contributed by atoms with van der Waals surface area (Å²) in [6.07, 6.45) is -0.224. The van der Waals surface area contributed by atoms with Crippen LogP contribution in [0.1, 0.15) is 54.8 Å². The van der Waals surface area contributed by atoms with Gasteiger partial charge >= 0.3 is 5.97 Å². The second-order valence-electron chi connectivity index (χ2n) is 6.58. The van der Waals surface area contributed by atoms with Gasteiger partial charge in [-0.1, -0.05) is 19.1 Å². The first-order valence-electron chi connectivity index (χ1n) is 9.88. The molecule has 160 valence electrons. The number of ether oxygens (including phenoxy) is 3. The van der Waals surface area contributed by atoms with Gasteiger partial charge in [0.2, 0.25) is 0 Å². The van der Waals surface area contributed by atoms with Crippen molar-refractivity contribution in [2.24, 2.45) is 0 Å². The summed E-state index contributed by atoms with van der Waals surface area (Å²) in [6, 6.07) is 11.4. The van der Waals surface area contributed by atoms with Crippen LogP contribution < -0.4 is 14.8 Å². The van der Waals surface area contributed by atoms with Crippen LogP contribution in [0.15, 0.2) is 42.5 Å². The highest BCUT2D eigenvalue weighted by atomic mass is 16.5. The Morgan fingerprint density at radius 2 is 1.73 bits per heavy atom. The quantitative estimate of drug-likeness (QED) is 0.462. The second-order valence-corrected chi connectivity index (χ2v) is 6.58. The molecule has 7 heteroatoms. The SMILES string of the molecule is CCCOc1ccc(C(=O)O[C@H](C)C(=O)Nc2ccccc2C(C)=O)cc1OCC. The van der Waals surface area contributed by atoms with Crippen molar-refractivity contribution in [1.82, 2.24) is 0 Å². The number of para-hydroxylation sites is 1. The van der Waals surface area contributed by atoms with E-state index in [1.165, 1.54) is 19.9 Å². The molecule has 1 atom stereocenters. The van der Waals surface area contributed by atoms with E-state index < -0.39 is 18.0 Å². The lowest BCUT2D eigenvalue weighted by atomic mass is 10.1. The maximum Gasteiger partial charge on any atom is 0.339 e. The average Bonchev–Trinajstić information content (AvgIpc) is 2.73. The molecule has 0 saturated heterocycles. The standard InChI is InChI=1S/C23H27NO6/c1-5-13-29-20-12-11-17(14-21(20)28-6-2)23(27)30-16(4)22(26)24-19-10-8-7-9-18(19)15(3)25/h7-12,14,16H,5-6,13H2,1-4H3,(H,24,26)/t16-/m1/s1. The van der Waals surface area contributed by atoms with Crippen LogP contribution in [0, 0.1) is 0 Å². The molecule has 0 spiro atoms. The van der Waals surface area contributed by atoms with Crippen LogP contribution in [-0.2, 0) is 9.53 Å². The number of anilines is 1. The van der Waals surface area contributed by atoms with E-state index in [0.29, 0.717) is 36.0 Å². The van der Waals surface area contributed by atoms with Crippen molar-refractivity contribution < 1.29 is 28.6 Å². The number of ketones is 1. The highest BCUT2D eigenvalue weighted by Gasteiger charge is 2.21. The number of rotatable bonds is 10. The first-order chi connectivity index (χ1) is 14.4. The zero-order valence-corrected chi connectivity index (χ0v) is 17.7. The molecule has 0 unspecified atom stereocenters. The summed E-state index contributed by atoms with van der Waals surface area (Å²) >= 11 is 0. The van der Waals surface area contributed by atoms with Gasteiger partial charge in [0.25, 0.3) is 5.91 Å². The number of carbonyl (C=O) groups is 3. The Morgan fingerprint density at radius 1 is 1.00 bits per heavy atom. The fourth-order valence-corrected chi connectivity index (χ4v) is 2.65. The fraction of sp³-hybridized carbons (Fsp3) is 0.348. The molecule has 2 aromatic rings. The van der Waals surface area contributed by atoms with Gasteiger partial charge in [-0.25, -0.2) is 4.79 Å². The number of hydrogen-bond donors (Lipinski definition) is 1. The first kappa shape index (κ1) is 22.9. The van der Waals surface area contributed by atoms with Crippen molar-refractivity contribution >= 4 is 23.3 Å². The third-order valence-electron chi connectivity index (χ3n) is 4.16. The summed E-state index contributed by atoms with van der Waals surface area (Å²) in [5, 5.41) is 2.63. The van der Waals surface area contributed by atoms with E-state index in [2.05, 4.69) is 5.32 Å². The highest BCUT2D eigenvalue weighted by Crippen LogP contribution is 2.29. The minimum Gasteiger partial charge on any atom is -0.490 e. The van der Waals surface area contributed by atoms with Crippen LogP contribution in [0.25, 0.3) is 0 Å². The van der Waals surface area contributed by atoms with E-state index in [0.717, 1.165) is 6.42 Å². The number of amides is 1. The molecule has 0 aliphatic heterocycles. The smallest absolute Gasteiger partial charge is 0.339 e. The maximum atomic E-state index is 12.5. The van der Waals surface area contributed by atoms with Crippen LogP contribution in [0.5, 0.6) is 11.5 Å². The van der Waals surface area contributed by atoms with E-state index in [1.807, 2.05) is 13.8 Å². The molecular weight excluding hydrogens is 386 g/mol. The Bertz CT molecular complexity index is 908. The molecule has 0 aliphatic rings. The molecule has 0 heterocycles. The molecule has 0 bridgehead atoms. The molecule has 2 aromatic carbocycles. The molecule has 0 fully saturated rings. The monoisotopic (exact) mass is 413 g/mol. The number of Topliss-reactive ketones (excluding diaryl/α,β-unsaturated/α-hetero) is 1. The number of benzene rings is 2. The summed E-state index contributed by atoms with van der Waals surface area (Å²) in [5.74, 6) is -0.398. The van der Waals surface area contributed by atoms with Crippen LogP contribution in [-0.4, -0.2) is 37.0 Å². The molecule has 0 radical (unpaired) electrons. The van der Waals surface area contributed by atoms with Gasteiger partial charge in [-0.05, 0) is 57.5 Å². The van der Waals surface area contributed by atoms with E-state index in [9.17, 15) is 14.4 Å². The Morgan fingerprint density at radius 3 is 2.40 bits per heavy atom. The van der Waals surface area contributed by atoms with E-state index in [-0.39, 0.29) is 11.3 Å². The summed E-state index contributed by atoms with van der Waals surface area (Å²) < 4.78 is 16.5. The lowest BCUT2D eigenvalue weighted by molar-refractivity contribution is -0.123. The minimum atomic E-state index is -1.07. The summed E-state index contributed by atoms with van der Waals surface area (Å²) in [6.45, 7) is 7.65. The summed E-state index contributed by atoms with van der Waals surface area (Å²) in [7, 11) is 0. The average molecular weight is 413 g/mol. The Balaban J connectivity index is 2.08. The third kappa shape index (κ3) is 6.07. The van der Waals surface area contributed by atoms with E-state index in [1.54, 1.807) is 36.4 Å². The highest BCUT2D eigenvalue weighted by molar-refractivity contribution is 6.05. The van der Waals surface area contributed by atoms with Gasteiger partial charge in [-0.2, -0.15) is 0 Å². The molecule has 1 N–H and O–H groups in total.